The Labute approximate surface area is 139 Å². The van der Waals surface area contributed by atoms with Gasteiger partial charge in [0.1, 0.15) is 12.4 Å². The predicted octanol–water partition coefficient (Wildman–Crippen LogP) is 2.48. The van der Waals surface area contributed by atoms with Gasteiger partial charge in [-0.05, 0) is 30.7 Å². The zero-order valence-electron chi connectivity index (χ0n) is 13.2. The molecule has 0 radical (unpaired) electrons. The third-order valence-corrected chi connectivity index (χ3v) is 3.11. The number of nitro benzene ring substituents is 1. The van der Waals surface area contributed by atoms with Crippen molar-refractivity contribution in [3.05, 3.63) is 64.2 Å². The third kappa shape index (κ3) is 5.28. The minimum absolute atomic E-state index is 0.0706. The number of rotatable bonds is 8. The van der Waals surface area contributed by atoms with E-state index < -0.39 is 4.92 Å². The molecule has 0 saturated carbocycles. The minimum Gasteiger partial charge on any atom is -0.492 e. The van der Waals surface area contributed by atoms with Gasteiger partial charge in [-0.15, -0.1) is 0 Å². The van der Waals surface area contributed by atoms with Crippen LogP contribution in [0.1, 0.15) is 5.56 Å². The zero-order chi connectivity index (χ0) is 17.4. The highest BCUT2D eigenvalue weighted by Crippen LogP contribution is 2.27. The quantitative estimate of drug-likeness (QED) is 0.456. The highest BCUT2D eigenvalue weighted by Gasteiger charge is 2.16. The summed E-state index contributed by atoms with van der Waals surface area (Å²) < 4.78 is 10.7. The van der Waals surface area contributed by atoms with Crippen molar-refractivity contribution in [1.29, 1.82) is 0 Å². The molecule has 0 aliphatic heterocycles. The molecule has 24 heavy (non-hydrogen) atoms. The van der Waals surface area contributed by atoms with Crippen molar-refractivity contribution in [1.82, 2.24) is 5.32 Å². The van der Waals surface area contributed by atoms with Gasteiger partial charge in [0.05, 0.1) is 11.5 Å². The summed E-state index contributed by atoms with van der Waals surface area (Å²) in [4.78, 5) is 22.2. The van der Waals surface area contributed by atoms with Crippen LogP contribution in [0.15, 0.2) is 48.5 Å². The number of nitrogens with one attached hydrogen (secondary N) is 1. The third-order valence-electron chi connectivity index (χ3n) is 3.11. The Morgan fingerprint density at radius 3 is 2.62 bits per heavy atom. The first-order chi connectivity index (χ1) is 11.6. The number of aryl methyl sites for hydroxylation is 1. The van der Waals surface area contributed by atoms with Crippen molar-refractivity contribution in [2.24, 2.45) is 0 Å². The molecule has 0 atom stereocenters. The number of hydrogen-bond donors (Lipinski definition) is 1. The summed E-state index contributed by atoms with van der Waals surface area (Å²) in [5.74, 6) is 0.418. The molecule has 0 bridgehead atoms. The molecule has 0 aromatic heterocycles. The Hall–Kier alpha value is -3.09. The van der Waals surface area contributed by atoms with Crippen LogP contribution in [-0.2, 0) is 4.79 Å². The van der Waals surface area contributed by atoms with Gasteiger partial charge >= 0.3 is 5.69 Å². The number of para-hydroxylation sites is 1. The maximum atomic E-state index is 11.7. The topological polar surface area (TPSA) is 90.7 Å². The summed E-state index contributed by atoms with van der Waals surface area (Å²) in [6.07, 6.45) is 0. The summed E-state index contributed by atoms with van der Waals surface area (Å²) in [5.41, 5.74) is 0.590. The number of carbonyl (C=O) groups is 1. The van der Waals surface area contributed by atoms with Crippen LogP contribution in [0.3, 0.4) is 0 Å². The molecule has 1 amide bonds. The number of hydrogen-bond acceptors (Lipinski definition) is 5. The van der Waals surface area contributed by atoms with Crippen LogP contribution in [0, 0.1) is 17.0 Å². The molecule has 1 N–H and O–H groups in total. The van der Waals surface area contributed by atoms with Crippen LogP contribution in [0.25, 0.3) is 0 Å². The fourth-order valence-corrected chi connectivity index (χ4v) is 1.96. The van der Waals surface area contributed by atoms with Gasteiger partial charge in [0.15, 0.2) is 12.4 Å². The van der Waals surface area contributed by atoms with Gasteiger partial charge in [-0.1, -0.05) is 24.3 Å². The molecule has 2 rings (SSSR count). The van der Waals surface area contributed by atoms with Crippen LogP contribution < -0.4 is 14.8 Å². The van der Waals surface area contributed by atoms with E-state index in [1.165, 1.54) is 12.1 Å². The van der Waals surface area contributed by atoms with Gasteiger partial charge in [0, 0.05) is 6.07 Å². The standard InChI is InChI=1S/C17H18N2O5/c1-13-7-8-16(15(11-13)19(21)22)24-12-17(20)18-9-10-23-14-5-3-2-4-6-14/h2-8,11H,9-10,12H2,1H3,(H,18,20). The largest absolute Gasteiger partial charge is 0.492 e. The Bertz CT molecular complexity index is 703. The summed E-state index contributed by atoms with van der Waals surface area (Å²) in [7, 11) is 0. The Morgan fingerprint density at radius 2 is 1.92 bits per heavy atom. The minimum atomic E-state index is -0.534. The first-order valence-electron chi connectivity index (χ1n) is 7.38. The van der Waals surface area contributed by atoms with E-state index in [4.69, 9.17) is 9.47 Å². The highest BCUT2D eigenvalue weighted by atomic mass is 16.6. The van der Waals surface area contributed by atoms with Crippen LogP contribution in [0.2, 0.25) is 0 Å². The van der Waals surface area contributed by atoms with E-state index in [1.54, 1.807) is 13.0 Å². The maximum Gasteiger partial charge on any atom is 0.311 e. The Kier molecular flexibility index (Phi) is 6.13. The number of nitro groups is 1. The number of benzene rings is 2. The molecule has 126 valence electrons. The van der Waals surface area contributed by atoms with E-state index in [0.717, 1.165) is 11.3 Å². The molecule has 0 fully saturated rings. The fourth-order valence-electron chi connectivity index (χ4n) is 1.96. The molecule has 0 aliphatic rings. The molecule has 2 aromatic rings. The van der Waals surface area contributed by atoms with Gasteiger partial charge in [-0.2, -0.15) is 0 Å². The van der Waals surface area contributed by atoms with E-state index in [9.17, 15) is 14.9 Å². The van der Waals surface area contributed by atoms with E-state index in [-0.39, 0.29) is 24.0 Å². The van der Waals surface area contributed by atoms with Crippen molar-refractivity contribution < 1.29 is 19.2 Å². The number of ether oxygens (including phenoxy) is 2. The van der Waals surface area contributed by atoms with E-state index in [0.29, 0.717) is 13.2 Å². The highest BCUT2D eigenvalue weighted by molar-refractivity contribution is 5.77. The molecule has 7 nitrogen and oxygen atoms in total. The van der Waals surface area contributed by atoms with Crippen LogP contribution in [0.5, 0.6) is 11.5 Å². The summed E-state index contributed by atoms with van der Waals surface area (Å²) in [6, 6.07) is 13.8. The average Bonchev–Trinajstić information content (AvgIpc) is 2.58. The molecule has 0 saturated heterocycles. The molecule has 7 heteroatoms. The Morgan fingerprint density at radius 1 is 1.17 bits per heavy atom. The summed E-state index contributed by atoms with van der Waals surface area (Å²) >= 11 is 0. The van der Waals surface area contributed by atoms with Gasteiger partial charge in [0.25, 0.3) is 5.91 Å². The van der Waals surface area contributed by atoms with Crippen molar-refractivity contribution in [3.8, 4) is 11.5 Å². The molecule has 2 aromatic carbocycles. The van der Waals surface area contributed by atoms with Crippen LogP contribution in [0.4, 0.5) is 5.69 Å². The zero-order valence-corrected chi connectivity index (χ0v) is 13.2. The number of amides is 1. The van der Waals surface area contributed by atoms with Gasteiger partial charge in [0.2, 0.25) is 0 Å². The first-order valence-corrected chi connectivity index (χ1v) is 7.38. The number of nitrogens with zero attached hydrogens (tertiary/aromatic N) is 1. The van der Waals surface area contributed by atoms with Crippen molar-refractivity contribution in [2.45, 2.75) is 6.92 Å². The lowest BCUT2D eigenvalue weighted by atomic mass is 10.2. The molecular formula is C17H18N2O5. The molecule has 0 unspecified atom stereocenters. The fraction of sp³-hybridized carbons (Fsp3) is 0.235. The first kappa shape index (κ1) is 17.3. The van der Waals surface area contributed by atoms with Gasteiger partial charge in [-0.3, -0.25) is 14.9 Å². The summed E-state index contributed by atoms with van der Waals surface area (Å²) in [6.45, 7) is 2.08. The molecule has 0 heterocycles. The van der Waals surface area contributed by atoms with E-state index in [1.807, 2.05) is 30.3 Å². The average molecular weight is 330 g/mol. The monoisotopic (exact) mass is 330 g/mol. The van der Waals surface area contributed by atoms with Crippen LogP contribution >= 0.6 is 0 Å². The molecule has 0 aliphatic carbocycles. The predicted molar refractivity (Wildman–Crippen MR) is 88.3 cm³/mol. The normalized spacial score (nSPS) is 10.0. The lowest BCUT2D eigenvalue weighted by Crippen LogP contribution is -2.32. The number of carbonyl (C=O) groups excluding carboxylic acids is 1. The molecular weight excluding hydrogens is 312 g/mol. The lowest BCUT2D eigenvalue weighted by molar-refractivity contribution is -0.385. The van der Waals surface area contributed by atoms with Crippen molar-refractivity contribution >= 4 is 11.6 Å². The van der Waals surface area contributed by atoms with Gasteiger partial charge in [-0.25, -0.2) is 0 Å². The second-order valence-corrected chi connectivity index (χ2v) is 5.03. The van der Waals surface area contributed by atoms with Gasteiger partial charge < -0.3 is 14.8 Å². The smallest absolute Gasteiger partial charge is 0.311 e. The van der Waals surface area contributed by atoms with E-state index in [2.05, 4.69) is 5.32 Å². The van der Waals surface area contributed by atoms with Crippen molar-refractivity contribution in [3.63, 3.8) is 0 Å². The lowest BCUT2D eigenvalue weighted by Gasteiger charge is -2.09. The Balaban J connectivity index is 1.74. The second kappa shape index (κ2) is 8.52. The van der Waals surface area contributed by atoms with Crippen LogP contribution in [-0.4, -0.2) is 30.6 Å². The molecule has 0 spiro atoms. The van der Waals surface area contributed by atoms with Crippen molar-refractivity contribution in [2.75, 3.05) is 19.8 Å². The maximum absolute atomic E-state index is 11.7. The summed E-state index contributed by atoms with van der Waals surface area (Å²) in [5, 5.41) is 13.6. The van der Waals surface area contributed by atoms with E-state index >= 15 is 0 Å². The second-order valence-electron chi connectivity index (χ2n) is 5.03. The SMILES string of the molecule is Cc1ccc(OCC(=O)NCCOc2ccccc2)c([N+](=O)[O-])c1.